The molecule has 7 heteroatoms. The number of hydrogen-bond acceptors (Lipinski definition) is 5. The van der Waals surface area contributed by atoms with E-state index in [1.54, 1.807) is 12.1 Å². The molecule has 0 N–H and O–H groups in total. The van der Waals surface area contributed by atoms with Gasteiger partial charge in [-0.25, -0.2) is 5.01 Å². The van der Waals surface area contributed by atoms with Gasteiger partial charge >= 0.3 is 0 Å². The number of non-ortho nitro benzene ring substituents is 1. The van der Waals surface area contributed by atoms with Crippen molar-refractivity contribution >= 4 is 23.0 Å². The molecule has 0 unspecified atom stereocenters. The number of hydrogen-bond donors (Lipinski definition) is 0. The van der Waals surface area contributed by atoms with Gasteiger partial charge in [-0.2, -0.15) is 5.10 Å². The third kappa shape index (κ3) is 3.02. The van der Waals surface area contributed by atoms with Gasteiger partial charge in [-0.3, -0.25) is 10.1 Å². The van der Waals surface area contributed by atoms with Crippen LogP contribution in [0.5, 0.6) is 5.75 Å². The number of nitrogens with zero attached hydrogens (tertiary/aromatic N) is 3. The van der Waals surface area contributed by atoms with E-state index >= 15 is 0 Å². The maximum Gasteiger partial charge on any atom is 0.269 e. The molecule has 2 atom stereocenters. The summed E-state index contributed by atoms with van der Waals surface area (Å²) in [6.07, 6.45) is 0.226. The lowest BCUT2D eigenvalue weighted by Crippen LogP contribution is -2.33. The molecule has 0 bridgehead atoms. The number of hydrazone groups is 1. The molecule has 0 amide bonds. The van der Waals surface area contributed by atoms with Crippen LogP contribution in [0.15, 0.2) is 77.9 Å². The van der Waals surface area contributed by atoms with E-state index in [9.17, 15) is 10.1 Å². The van der Waals surface area contributed by atoms with Gasteiger partial charge in [-0.15, -0.1) is 0 Å². The highest BCUT2D eigenvalue weighted by atomic mass is 35.5. The number of ether oxygens (including phenoxy) is 1. The van der Waals surface area contributed by atoms with Crippen LogP contribution in [0.3, 0.4) is 0 Å². The van der Waals surface area contributed by atoms with Gasteiger partial charge in [0.15, 0.2) is 0 Å². The minimum atomic E-state index is -0.476. The highest BCUT2D eigenvalue weighted by Gasteiger charge is 2.41. The van der Waals surface area contributed by atoms with Crippen LogP contribution in [0, 0.1) is 10.1 Å². The van der Waals surface area contributed by atoms with Crippen LogP contribution in [-0.2, 0) is 0 Å². The first-order valence-corrected chi connectivity index (χ1v) is 9.60. The SMILES string of the molecule is O=[N+]([O-])c1ccc([C@H]2Oc3ccccc3[C@@H]3CC(c4ccccc4Cl)=NN23)cc1. The molecule has 0 saturated heterocycles. The zero-order valence-corrected chi connectivity index (χ0v) is 16.0. The molecule has 5 rings (SSSR count). The summed E-state index contributed by atoms with van der Waals surface area (Å²) in [6.45, 7) is 0. The average molecular weight is 406 g/mol. The summed E-state index contributed by atoms with van der Waals surface area (Å²) in [6, 6.07) is 22.0. The average Bonchev–Trinajstić information content (AvgIpc) is 3.19. The minimum Gasteiger partial charge on any atom is -0.464 e. The molecule has 3 aromatic carbocycles. The maximum absolute atomic E-state index is 11.0. The van der Waals surface area contributed by atoms with Crippen molar-refractivity contribution in [1.29, 1.82) is 0 Å². The van der Waals surface area contributed by atoms with Crippen molar-refractivity contribution in [2.75, 3.05) is 0 Å². The summed E-state index contributed by atoms with van der Waals surface area (Å²) in [5, 5.41) is 18.5. The van der Waals surface area contributed by atoms with Crippen molar-refractivity contribution in [1.82, 2.24) is 5.01 Å². The normalized spacial score (nSPS) is 19.8. The highest BCUT2D eigenvalue weighted by Crippen LogP contribution is 2.47. The van der Waals surface area contributed by atoms with E-state index in [1.807, 2.05) is 53.5 Å². The summed E-state index contributed by atoms with van der Waals surface area (Å²) in [5.41, 5.74) is 3.72. The monoisotopic (exact) mass is 405 g/mol. The Labute approximate surface area is 172 Å². The Morgan fingerprint density at radius 1 is 1.03 bits per heavy atom. The van der Waals surface area contributed by atoms with E-state index < -0.39 is 11.2 Å². The second-order valence-corrected chi connectivity index (χ2v) is 7.39. The predicted octanol–water partition coefficient (Wildman–Crippen LogP) is 5.49. The second-order valence-electron chi connectivity index (χ2n) is 6.98. The van der Waals surface area contributed by atoms with Crippen LogP contribution in [0.4, 0.5) is 5.69 Å². The van der Waals surface area contributed by atoms with Crippen molar-refractivity contribution in [3.63, 3.8) is 0 Å². The van der Waals surface area contributed by atoms with Crippen molar-refractivity contribution in [2.45, 2.75) is 18.7 Å². The third-order valence-corrected chi connectivity index (χ3v) is 5.60. The lowest BCUT2D eigenvalue weighted by Gasteiger charge is -2.38. The lowest BCUT2D eigenvalue weighted by molar-refractivity contribution is -0.384. The van der Waals surface area contributed by atoms with Gasteiger partial charge < -0.3 is 4.74 Å². The fourth-order valence-electron chi connectivity index (χ4n) is 3.87. The molecule has 144 valence electrons. The largest absolute Gasteiger partial charge is 0.464 e. The van der Waals surface area contributed by atoms with Crippen LogP contribution in [0.1, 0.15) is 35.4 Å². The highest BCUT2D eigenvalue weighted by molar-refractivity contribution is 6.34. The predicted molar refractivity (Wildman–Crippen MR) is 110 cm³/mol. The molecule has 29 heavy (non-hydrogen) atoms. The first-order valence-electron chi connectivity index (χ1n) is 9.22. The molecule has 0 aromatic heterocycles. The smallest absolute Gasteiger partial charge is 0.269 e. The Balaban J connectivity index is 1.58. The van der Waals surface area contributed by atoms with Gasteiger partial charge in [0.25, 0.3) is 5.69 Å². The molecule has 2 aliphatic heterocycles. The lowest BCUT2D eigenvalue weighted by atomic mass is 9.96. The van der Waals surface area contributed by atoms with Gasteiger partial charge in [-0.1, -0.05) is 48.0 Å². The van der Waals surface area contributed by atoms with Gasteiger partial charge in [0, 0.05) is 40.3 Å². The summed E-state index contributed by atoms with van der Waals surface area (Å²) in [5.74, 6) is 0.799. The molecule has 0 spiro atoms. The molecular formula is C22H16ClN3O3. The topological polar surface area (TPSA) is 68.0 Å². The van der Waals surface area contributed by atoms with Crippen molar-refractivity contribution in [3.8, 4) is 5.75 Å². The van der Waals surface area contributed by atoms with E-state index in [0.29, 0.717) is 11.4 Å². The summed E-state index contributed by atoms with van der Waals surface area (Å²) in [7, 11) is 0. The van der Waals surface area contributed by atoms with Crippen LogP contribution < -0.4 is 4.74 Å². The zero-order chi connectivity index (χ0) is 20.0. The number of fused-ring (bicyclic) bond motifs is 3. The Bertz CT molecular complexity index is 1130. The molecule has 6 nitrogen and oxygen atoms in total. The number of para-hydroxylation sites is 1. The van der Waals surface area contributed by atoms with Crippen LogP contribution in [0.25, 0.3) is 0 Å². The number of benzene rings is 3. The summed E-state index contributed by atoms with van der Waals surface area (Å²) in [4.78, 5) is 10.6. The van der Waals surface area contributed by atoms with E-state index in [1.165, 1.54) is 12.1 Å². The summed E-state index contributed by atoms with van der Waals surface area (Å²) < 4.78 is 6.26. The van der Waals surface area contributed by atoms with Gasteiger partial charge in [0.2, 0.25) is 6.23 Å². The first kappa shape index (κ1) is 17.7. The van der Waals surface area contributed by atoms with E-state index in [4.69, 9.17) is 21.4 Å². The van der Waals surface area contributed by atoms with E-state index in [0.717, 1.165) is 28.2 Å². The van der Waals surface area contributed by atoms with Crippen LogP contribution >= 0.6 is 11.6 Å². The number of rotatable bonds is 3. The number of nitro groups is 1. The van der Waals surface area contributed by atoms with Crippen molar-refractivity contribution < 1.29 is 9.66 Å². The van der Waals surface area contributed by atoms with Gasteiger partial charge in [0.05, 0.1) is 16.7 Å². The zero-order valence-electron chi connectivity index (χ0n) is 15.2. The van der Waals surface area contributed by atoms with Crippen molar-refractivity contribution in [3.05, 3.63) is 105 Å². The van der Waals surface area contributed by atoms with Crippen LogP contribution in [-0.4, -0.2) is 15.6 Å². The molecule has 0 fully saturated rings. The number of halogens is 1. The van der Waals surface area contributed by atoms with E-state index in [-0.39, 0.29) is 11.7 Å². The molecule has 2 aliphatic rings. The Hall–Kier alpha value is -3.38. The molecular weight excluding hydrogens is 390 g/mol. The van der Waals surface area contributed by atoms with Crippen LogP contribution in [0.2, 0.25) is 5.02 Å². The Morgan fingerprint density at radius 3 is 2.52 bits per heavy atom. The fraction of sp³-hybridized carbons (Fsp3) is 0.136. The van der Waals surface area contributed by atoms with Gasteiger partial charge in [-0.05, 0) is 24.3 Å². The number of nitro benzene ring substituents is 1. The second kappa shape index (κ2) is 6.90. The summed E-state index contributed by atoms with van der Waals surface area (Å²) >= 11 is 6.41. The molecule has 0 radical (unpaired) electrons. The van der Waals surface area contributed by atoms with Gasteiger partial charge in [0.1, 0.15) is 5.75 Å². The molecule has 0 aliphatic carbocycles. The quantitative estimate of drug-likeness (QED) is 0.426. The minimum absolute atomic E-state index is 0.00594. The fourth-order valence-corrected chi connectivity index (χ4v) is 4.12. The Kier molecular flexibility index (Phi) is 4.21. The van der Waals surface area contributed by atoms with E-state index in [2.05, 4.69) is 0 Å². The molecule has 3 aromatic rings. The maximum atomic E-state index is 11.0. The van der Waals surface area contributed by atoms with Crippen molar-refractivity contribution in [2.24, 2.45) is 5.10 Å². The molecule has 2 heterocycles. The standard InChI is InChI=1S/C22H16ClN3O3/c23-18-7-3-1-5-16(18)19-13-20-17-6-2-4-8-21(17)29-22(25(20)24-19)14-9-11-15(12-10-14)26(27)28/h1-12,20,22H,13H2/t20-,22+/m0/s1. The Morgan fingerprint density at radius 2 is 1.76 bits per heavy atom. The molecule has 0 saturated carbocycles. The first-order chi connectivity index (χ1) is 14.1. The third-order valence-electron chi connectivity index (χ3n) is 5.27.